The van der Waals surface area contributed by atoms with E-state index in [9.17, 15) is 0 Å². The summed E-state index contributed by atoms with van der Waals surface area (Å²) in [6, 6.07) is 8.23. The maximum Gasteiger partial charge on any atom is 0.147 e. The summed E-state index contributed by atoms with van der Waals surface area (Å²) < 4.78 is 5.69. The van der Waals surface area contributed by atoms with Gasteiger partial charge in [0, 0.05) is 0 Å². The normalized spacial score (nSPS) is 11.4. The summed E-state index contributed by atoms with van der Waals surface area (Å²) >= 11 is 5.69. The molecular weight excluding hydrogens is 272 g/mol. The van der Waals surface area contributed by atoms with Crippen LogP contribution < -0.4 is 4.74 Å². The Bertz CT molecular complexity index is 550. The van der Waals surface area contributed by atoms with E-state index in [0.29, 0.717) is 11.8 Å². The first-order chi connectivity index (χ1) is 9.51. The molecule has 3 nitrogen and oxygen atoms in total. The Morgan fingerprint density at radius 2 is 1.80 bits per heavy atom. The maximum absolute atomic E-state index is 5.69. The molecule has 0 atom stereocenters. The van der Waals surface area contributed by atoms with Crippen molar-refractivity contribution in [2.75, 3.05) is 0 Å². The number of hydrogen-bond donors (Lipinski definition) is 0. The second-order valence-electron chi connectivity index (χ2n) is 5.38. The van der Waals surface area contributed by atoms with Crippen molar-refractivity contribution in [3.8, 4) is 5.75 Å². The van der Waals surface area contributed by atoms with E-state index in [-0.39, 0.29) is 5.41 Å². The molecule has 0 radical (unpaired) electrons. The van der Waals surface area contributed by atoms with E-state index < -0.39 is 0 Å². The van der Waals surface area contributed by atoms with Gasteiger partial charge in [-0.3, -0.25) is 4.98 Å². The average Bonchev–Trinajstić information content (AvgIpc) is 2.47. The summed E-state index contributed by atoms with van der Waals surface area (Å²) in [6.45, 7) is 7.07. The molecule has 0 aliphatic heterocycles. The van der Waals surface area contributed by atoms with Gasteiger partial charge in [-0.15, -0.1) is 0 Å². The molecule has 1 heterocycles. The highest BCUT2D eigenvalue weighted by molar-refractivity contribution is 6.29. The first kappa shape index (κ1) is 14.8. The molecule has 0 spiro atoms. The SMILES string of the molecule is CCC(C)(C)c1ccc(OCc2cnc(Cl)cn2)cc1. The lowest BCUT2D eigenvalue weighted by Crippen LogP contribution is -2.15. The molecule has 0 unspecified atom stereocenters. The number of hydrogen-bond acceptors (Lipinski definition) is 3. The zero-order valence-electron chi connectivity index (χ0n) is 12.1. The van der Waals surface area contributed by atoms with Gasteiger partial charge in [0.15, 0.2) is 0 Å². The van der Waals surface area contributed by atoms with Crippen molar-refractivity contribution in [2.24, 2.45) is 0 Å². The molecule has 20 heavy (non-hydrogen) atoms. The smallest absolute Gasteiger partial charge is 0.147 e. The highest BCUT2D eigenvalue weighted by Gasteiger charge is 2.17. The van der Waals surface area contributed by atoms with Gasteiger partial charge < -0.3 is 4.74 Å². The molecule has 0 aliphatic carbocycles. The quantitative estimate of drug-likeness (QED) is 0.819. The molecule has 1 aromatic carbocycles. The van der Waals surface area contributed by atoms with Gasteiger partial charge in [-0.1, -0.05) is 44.5 Å². The molecule has 0 saturated carbocycles. The third-order valence-corrected chi connectivity index (χ3v) is 3.78. The van der Waals surface area contributed by atoms with Crippen LogP contribution in [-0.2, 0) is 12.0 Å². The highest BCUT2D eigenvalue weighted by Crippen LogP contribution is 2.28. The molecule has 1 aromatic heterocycles. The van der Waals surface area contributed by atoms with Crippen molar-refractivity contribution in [3.05, 3.63) is 53.1 Å². The van der Waals surface area contributed by atoms with Crippen molar-refractivity contribution in [3.63, 3.8) is 0 Å². The number of aromatic nitrogens is 2. The third-order valence-electron chi connectivity index (χ3n) is 3.58. The monoisotopic (exact) mass is 290 g/mol. The minimum Gasteiger partial charge on any atom is -0.487 e. The van der Waals surface area contributed by atoms with E-state index in [1.165, 1.54) is 11.8 Å². The molecule has 2 rings (SSSR count). The van der Waals surface area contributed by atoms with E-state index in [0.717, 1.165) is 17.9 Å². The number of nitrogens with zero attached hydrogens (tertiary/aromatic N) is 2. The Hall–Kier alpha value is -1.61. The first-order valence-electron chi connectivity index (χ1n) is 6.71. The van der Waals surface area contributed by atoms with Gasteiger partial charge in [0.1, 0.15) is 17.5 Å². The fourth-order valence-electron chi connectivity index (χ4n) is 1.78. The largest absolute Gasteiger partial charge is 0.487 e. The Morgan fingerprint density at radius 1 is 1.10 bits per heavy atom. The molecule has 0 amide bonds. The van der Waals surface area contributed by atoms with Gasteiger partial charge in [-0.05, 0) is 29.5 Å². The third kappa shape index (κ3) is 3.70. The number of rotatable bonds is 5. The van der Waals surface area contributed by atoms with Crippen molar-refractivity contribution in [1.82, 2.24) is 9.97 Å². The fourth-order valence-corrected chi connectivity index (χ4v) is 1.87. The molecule has 2 aromatic rings. The molecule has 0 fully saturated rings. The van der Waals surface area contributed by atoms with E-state index >= 15 is 0 Å². The van der Waals surface area contributed by atoms with E-state index in [1.54, 1.807) is 6.20 Å². The summed E-state index contributed by atoms with van der Waals surface area (Å²) in [7, 11) is 0. The molecule has 4 heteroatoms. The summed E-state index contributed by atoms with van der Waals surface area (Å²) in [5.41, 5.74) is 2.27. The van der Waals surface area contributed by atoms with Gasteiger partial charge >= 0.3 is 0 Å². The molecule has 106 valence electrons. The topological polar surface area (TPSA) is 35.0 Å². The highest BCUT2D eigenvalue weighted by atomic mass is 35.5. The average molecular weight is 291 g/mol. The number of halogens is 1. The fraction of sp³-hybridized carbons (Fsp3) is 0.375. The Balaban J connectivity index is 1.99. The number of ether oxygens (including phenoxy) is 1. The van der Waals surface area contributed by atoms with Crippen LogP contribution in [0.3, 0.4) is 0 Å². The van der Waals surface area contributed by atoms with Crippen LogP contribution in [0.5, 0.6) is 5.75 Å². The van der Waals surface area contributed by atoms with Crippen molar-refractivity contribution < 1.29 is 4.74 Å². The van der Waals surface area contributed by atoms with Crippen molar-refractivity contribution >= 4 is 11.6 Å². The lowest BCUT2D eigenvalue weighted by Gasteiger charge is -2.23. The van der Waals surface area contributed by atoms with E-state index in [2.05, 4.69) is 42.9 Å². The summed E-state index contributed by atoms with van der Waals surface area (Å²) in [4.78, 5) is 8.12. The van der Waals surface area contributed by atoms with Gasteiger partial charge in [-0.25, -0.2) is 4.98 Å². The van der Waals surface area contributed by atoms with Gasteiger partial charge in [0.2, 0.25) is 0 Å². The standard InChI is InChI=1S/C16H19ClN2O/c1-4-16(2,3)12-5-7-14(8-6-12)20-11-13-9-19-15(17)10-18-13/h5-10H,4,11H2,1-3H3. The zero-order chi connectivity index (χ0) is 14.6. The zero-order valence-corrected chi connectivity index (χ0v) is 12.8. The predicted molar refractivity (Wildman–Crippen MR) is 81.1 cm³/mol. The second kappa shape index (κ2) is 6.23. The lowest BCUT2D eigenvalue weighted by molar-refractivity contribution is 0.300. The van der Waals surface area contributed by atoms with Gasteiger partial charge in [0.25, 0.3) is 0 Å². The van der Waals surface area contributed by atoms with Crippen LogP contribution >= 0.6 is 11.6 Å². The minimum atomic E-state index is 0.195. The summed E-state index contributed by atoms with van der Waals surface area (Å²) in [5, 5.41) is 0.389. The van der Waals surface area contributed by atoms with Crippen LogP contribution in [0.1, 0.15) is 38.4 Å². The van der Waals surface area contributed by atoms with Crippen LogP contribution in [0.15, 0.2) is 36.7 Å². The Labute approximate surface area is 125 Å². The van der Waals surface area contributed by atoms with Crippen LogP contribution in [-0.4, -0.2) is 9.97 Å². The molecule has 0 N–H and O–H groups in total. The van der Waals surface area contributed by atoms with E-state index in [4.69, 9.17) is 16.3 Å². The van der Waals surface area contributed by atoms with Crippen LogP contribution in [0.4, 0.5) is 0 Å². The van der Waals surface area contributed by atoms with Gasteiger partial charge in [-0.2, -0.15) is 0 Å². The van der Waals surface area contributed by atoms with Gasteiger partial charge in [0.05, 0.1) is 18.1 Å². The van der Waals surface area contributed by atoms with Crippen LogP contribution in [0.2, 0.25) is 5.15 Å². The van der Waals surface area contributed by atoms with Crippen molar-refractivity contribution in [2.45, 2.75) is 39.2 Å². The lowest BCUT2D eigenvalue weighted by atomic mass is 9.82. The summed E-state index contributed by atoms with van der Waals surface area (Å²) in [6.07, 6.45) is 4.25. The molecular formula is C16H19ClN2O. The van der Waals surface area contributed by atoms with Crippen LogP contribution in [0, 0.1) is 0 Å². The molecule has 0 aliphatic rings. The maximum atomic E-state index is 5.69. The minimum absolute atomic E-state index is 0.195. The predicted octanol–water partition coefficient (Wildman–Crippen LogP) is 4.40. The summed E-state index contributed by atoms with van der Waals surface area (Å²) in [5.74, 6) is 0.831. The second-order valence-corrected chi connectivity index (χ2v) is 5.77. The van der Waals surface area contributed by atoms with E-state index in [1.807, 2.05) is 12.1 Å². The number of benzene rings is 1. The Kier molecular flexibility index (Phi) is 4.61. The molecule has 0 bridgehead atoms. The Morgan fingerprint density at radius 3 is 2.35 bits per heavy atom. The van der Waals surface area contributed by atoms with Crippen molar-refractivity contribution in [1.29, 1.82) is 0 Å². The van der Waals surface area contributed by atoms with Crippen LogP contribution in [0.25, 0.3) is 0 Å². The first-order valence-corrected chi connectivity index (χ1v) is 7.09. The molecule has 0 saturated heterocycles.